The molecule has 144 valence electrons. The maximum atomic E-state index is 11.5. The maximum Gasteiger partial charge on any atom is 0.451 e. The third-order valence-corrected chi connectivity index (χ3v) is 4.47. The van der Waals surface area contributed by atoms with Crippen molar-refractivity contribution in [3.8, 4) is 0 Å². The van der Waals surface area contributed by atoms with Gasteiger partial charge in [-0.05, 0) is 45.0 Å². The first-order valence-corrected chi connectivity index (χ1v) is 8.51. The van der Waals surface area contributed by atoms with E-state index in [0.717, 1.165) is 25.9 Å². The number of aliphatic carboxylic acids is 1. The predicted molar refractivity (Wildman–Crippen MR) is 102 cm³/mol. The van der Waals surface area contributed by atoms with Crippen LogP contribution in [0.15, 0.2) is 0 Å². The first kappa shape index (κ1) is 26.2. The number of nitrogens with zero attached hydrogens (tertiary/aromatic N) is 1. The van der Waals surface area contributed by atoms with Crippen molar-refractivity contribution in [2.24, 2.45) is 5.73 Å². The van der Waals surface area contributed by atoms with Crippen LogP contribution in [0.5, 0.6) is 0 Å². The molecule has 0 radical (unpaired) electrons. The van der Waals surface area contributed by atoms with E-state index in [0.29, 0.717) is 31.7 Å². The number of carbonyl (C=O) groups is 1. The van der Waals surface area contributed by atoms with Crippen molar-refractivity contribution in [3.63, 3.8) is 0 Å². The summed E-state index contributed by atoms with van der Waals surface area (Å²) in [6.45, 7) is 3.91. The zero-order chi connectivity index (χ0) is 16.6. The number of unbranched alkanes of at least 4 members (excludes halogenated alkanes) is 2. The minimum absolute atomic E-state index is 0. The molecule has 1 atom stereocenters. The minimum atomic E-state index is -1.32. The first-order chi connectivity index (χ1) is 10.4. The third-order valence-electron chi connectivity index (χ3n) is 4.47. The quantitative estimate of drug-likeness (QED) is 0.284. The summed E-state index contributed by atoms with van der Waals surface area (Å²) >= 11 is 0. The highest BCUT2D eigenvalue weighted by molar-refractivity contribution is 6.40. The van der Waals surface area contributed by atoms with Crippen LogP contribution in [0.4, 0.5) is 0 Å². The Balaban J connectivity index is 0. The SMILES string of the molecule is CCCCN(CCC(N)(CCCCB(O)O)C(=O)O)C1CC1.Cl.Cl. The molecule has 0 saturated heterocycles. The molecule has 1 unspecified atom stereocenters. The van der Waals surface area contributed by atoms with Crippen molar-refractivity contribution < 1.29 is 19.9 Å². The van der Waals surface area contributed by atoms with Gasteiger partial charge in [0.1, 0.15) is 5.54 Å². The fourth-order valence-electron chi connectivity index (χ4n) is 2.73. The van der Waals surface area contributed by atoms with Crippen LogP contribution in [0, 0.1) is 0 Å². The van der Waals surface area contributed by atoms with Crippen LogP contribution in [0.2, 0.25) is 6.32 Å². The summed E-state index contributed by atoms with van der Waals surface area (Å²) in [5.41, 5.74) is 4.90. The molecule has 0 amide bonds. The lowest BCUT2D eigenvalue weighted by Gasteiger charge is -2.29. The predicted octanol–water partition coefficient (Wildman–Crippen LogP) is 1.91. The molecule has 24 heavy (non-hydrogen) atoms. The average Bonchev–Trinajstić information content (AvgIpc) is 3.28. The summed E-state index contributed by atoms with van der Waals surface area (Å²) in [6, 6.07) is 0.620. The van der Waals surface area contributed by atoms with Crippen LogP contribution in [0.25, 0.3) is 0 Å². The topological polar surface area (TPSA) is 107 Å². The summed E-state index contributed by atoms with van der Waals surface area (Å²) in [6.07, 6.45) is 6.96. The summed E-state index contributed by atoms with van der Waals surface area (Å²) in [7, 11) is -1.32. The van der Waals surface area contributed by atoms with Gasteiger partial charge in [-0.3, -0.25) is 4.79 Å². The van der Waals surface area contributed by atoms with Gasteiger partial charge in [-0.2, -0.15) is 0 Å². The lowest BCUT2D eigenvalue weighted by molar-refractivity contribution is -0.144. The van der Waals surface area contributed by atoms with Crippen LogP contribution in [0.1, 0.15) is 58.3 Å². The zero-order valence-corrected chi connectivity index (χ0v) is 16.2. The highest BCUT2D eigenvalue weighted by atomic mass is 35.5. The molecule has 6 nitrogen and oxygen atoms in total. The largest absolute Gasteiger partial charge is 0.480 e. The summed E-state index contributed by atoms with van der Waals surface area (Å²) in [5, 5.41) is 27.1. The number of carboxylic acids is 1. The van der Waals surface area contributed by atoms with E-state index >= 15 is 0 Å². The van der Waals surface area contributed by atoms with Crippen LogP contribution >= 0.6 is 24.8 Å². The van der Waals surface area contributed by atoms with E-state index in [1.807, 2.05) is 0 Å². The molecule has 1 saturated carbocycles. The molecule has 1 aliphatic rings. The average molecular weight is 387 g/mol. The standard InChI is InChI=1S/C15H31BN2O4.2ClH/c1-2-3-11-18(13-6-7-13)12-9-15(17,14(19)20)8-4-5-10-16(21)22;;/h13,21-22H,2-12,17H2,1H3,(H,19,20);2*1H. The molecule has 5 N–H and O–H groups in total. The normalized spacial score (nSPS) is 16.0. The number of hydrogen-bond donors (Lipinski definition) is 4. The number of hydrogen-bond acceptors (Lipinski definition) is 5. The minimum Gasteiger partial charge on any atom is -0.480 e. The highest BCUT2D eigenvalue weighted by Crippen LogP contribution is 2.28. The Hall–Kier alpha value is -0.0451. The molecule has 1 aliphatic carbocycles. The molecule has 0 heterocycles. The second-order valence-electron chi connectivity index (χ2n) is 6.56. The van der Waals surface area contributed by atoms with Gasteiger partial charge in [0, 0.05) is 12.6 Å². The molecule has 0 aromatic carbocycles. The van der Waals surface area contributed by atoms with Crippen molar-refractivity contribution in [1.29, 1.82) is 0 Å². The molecule has 9 heteroatoms. The van der Waals surface area contributed by atoms with Gasteiger partial charge in [0.15, 0.2) is 0 Å². The van der Waals surface area contributed by atoms with Gasteiger partial charge in [-0.1, -0.05) is 26.2 Å². The van der Waals surface area contributed by atoms with Crippen molar-refractivity contribution >= 4 is 37.9 Å². The molecular weight excluding hydrogens is 354 g/mol. The van der Waals surface area contributed by atoms with Crippen LogP contribution in [0.3, 0.4) is 0 Å². The van der Waals surface area contributed by atoms with Crippen molar-refractivity contribution in [2.75, 3.05) is 13.1 Å². The first-order valence-electron chi connectivity index (χ1n) is 8.51. The van der Waals surface area contributed by atoms with Gasteiger partial charge >= 0.3 is 13.1 Å². The van der Waals surface area contributed by atoms with Crippen LogP contribution in [-0.4, -0.2) is 57.8 Å². The second-order valence-corrected chi connectivity index (χ2v) is 6.56. The second kappa shape index (κ2) is 13.2. The van der Waals surface area contributed by atoms with Gasteiger partial charge in [0.2, 0.25) is 0 Å². The molecule has 0 aromatic rings. The van der Waals surface area contributed by atoms with Crippen LogP contribution < -0.4 is 5.73 Å². The Morgan fingerprint density at radius 3 is 2.25 bits per heavy atom. The van der Waals surface area contributed by atoms with Crippen molar-refractivity contribution in [3.05, 3.63) is 0 Å². The van der Waals surface area contributed by atoms with Gasteiger partial charge in [0.05, 0.1) is 0 Å². The molecule has 0 bridgehead atoms. The summed E-state index contributed by atoms with van der Waals surface area (Å²) in [5.74, 6) is -0.955. The van der Waals surface area contributed by atoms with Crippen LogP contribution in [-0.2, 0) is 4.79 Å². The molecule has 1 fully saturated rings. The third kappa shape index (κ3) is 10.1. The Morgan fingerprint density at radius 1 is 1.17 bits per heavy atom. The summed E-state index contributed by atoms with van der Waals surface area (Å²) in [4.78, 5) is 13.9. The van der Waals surface area contributed by atoms with E-state index < -0.39 is 18.6 Å². The molecule has 0 aliphatic heterocycles. The van der Waals surface area contributed by atoms with Gasteiger partial charge in [0.25, 0.3) is 0 Å². The molecule has 0 spiro atoms. The fraction of sp³-hybridized carbons (Fsp3) is 0.933. The Kier molecular flexibility index (Phi) is 14.4. The lowest BCUT2D eigenvalue weighted by Crippen LogP contribution is -2.50. The fourth-order valence-corrected chi connectivity index (χ4v) is 2.73. The zero-order valence-electron chi connectivity index (χ0n) is 14.5. The number of rotatable bonds is 13. The Morgan fingerprint density at radius 2 is 1.79 bits per heavy atom. The lowest BCUT2D eigenvalue weighted by atomic mass is 9.81. The van der Waals surface area contributed by atoms with E-state index in [1.165, 1.54) is 12.8 Å². The maximum absolute atomic E-state index is 11.5. The molecule has 0 aromatic heterocycles. The van der Waals surface area contributed by atoms with Crippen molar-refractivity contribution in [1.82, 2.24) is 4.90 Å². The van der Waals surface area contributed by atoms with E-state index in [9.17, 15) is 9.90 Å². The number of nitrogens with two attached hydrogens (primary N) is 1. The van der Waals surface area contributed by atoms with E-state index in [2.05, 4.69) is 11.8 Å². The number of halogens is 2. The monoisotopic (exact) mass is 386 g/mol. The Bertz CT molecular complexity index is 349. The van der Waals surface area contributed by atoms with Crippen molar-refractivity contribution in [2.45, 2.75) is 76.2 Å². The molecular formula is C15H33BCl2N2O4. The highest BCUT2D eigenvalue weighted by Gasteiger charge is 2.36. The smallest absolute Gasteiger partial charge is 0.451 e. The number of carboxylic acid groups (broad SMARTS) is 1. The van der Waals surface area contributed by atoms with E-state index in [4.69, 9.17) is 15.8 Å². The van der Waals surface area contributed by atoms with Gasteiger partial charge in [-0.15, -0.1) is 24.8 Å². The van der Waals surface area contributed by atoms with E-state index in [1.54, 1.807) is 0 Å². The van der Waals surface area contributed by atoms with Gasteiger partial charge in [-0.25, -0.2) is 0 Å². The summed E-state index contributed by atoms with van der Waals surface area (Å²) < 4.78 is 0. The molecule has 1 rings (SSSR count). The van der Waals surface area contributed by atoms with Gasteiger partial charge < -0.3 is 25.8 Å². The van der Waals surface area contributed by atoms with E-state index in [-0.39, 0.29) is 31.1 Å². The Labute approximate surface area is 158 Å².